The number of halogens is 1. The maximum atomic E-state index is 12.4. The summed E-state index contributed by atoms with van der Waals surface area (Å²) in [6, 6.07) is 3.65. The molecule has 0 atom stereocenters. The summed E-state index contributed by atoms with van der Waals surface area (Å²) in [5, 5.41) is 1.68. The number of nitrogens with one attached hydrogen (secondary N) is 1. The van der Waals surface area contributed by atoms with Crippen molar-refractivity contribution >= 4 is 37.9 Å². The topological polar surface area (TPSA) is 76.4 Å². The van der Waals surface area contributed by atoms with Crippen LogP contribution < -0.4 is 4.72 Å². The van der Waals surface area contributed by atoms with Crippen molar-refractivity contribution in [3.8, 4) is 0 Å². The standard InChI is InChI=1S/C12H11ClN4O2S2/c1-8-2-3-9(6-14-8)7-15-21(18,19)11-10(13)16-12-17(11)4-5-20-12/h2-6,15H,7H2,1H3. The van der Waals surface area contributed by atoms with Crippen LogP contribution in [0, 0.1) is 6.92 Å². The van der Waals surface area contributed by atoms with Gasteiger partial charge in [-0.2, -0.15) is 0 Å². The van der Waals surface area contributed by atoms with E-state index in [1.54, 1.807) is 17.8 Å². The molecule has 0 unspecified atom stereocenters. The van der Waals surface area contributed by atoms with Crippen molar-refractivity contribution in [2.45, 2.75) is 18.5 Å². The Labute approximate surface area is 130 Å². The Bertz CT molecular complexity index is 884. The molecule has 3 aromatic rings. The van der Waals surface area contributed by atoms with Crippen molar-refractivity contribution in [3.63, 3.8) is 0 Å². The lowest BCUT2D eigenvalue weighted by molar-refractivity contribution is 0.576. The first kappa shape index (κ1) is 14.5. The molecule has 0 bridgehead atoms. The van der Waals surface area contributed by atoms with E-state index in [9.17, 15) is 8.42 Å². The van der Waals surface area contributed by atoms with Crippen LogP contribution in [0.5, 0.6) is 0 Å². The average Bonchev–Trinajstić information content (AvgIpc) is 2.97. The second-order valence-electron chi connectivity index (χ2n) is 4.40. The van der Waals surface area contributed by atoms with Crippen LogP contribution in [0.4, 0.5) is 0 Å². The highest BCUT2D eigenvalue weighted by molar-refractivity contribution is 7.89. The van der Waals surface area contributed by atoms with Gasteiger partial charge in [-0.3, -0.25) is 9.38 Å². The summed E-state index contributed by atoms with van der Waals surface area (Å²) >= 11 is 7.26. The van der Waals surface area contributed by atoms with Crippen molar-refractivity contribution in [1.29, 1.82) is 0 Å². The Morgan fingerprint density at radius 1 is 1.43 bits per heavy atom. The quantitative estimate of drug-likeness (QED) is 0.788. The summed E-state index contributed by atoms with van der Waals surface area (Å²) in [4.78, 5) is 8.69. The van der Waals surface area contributed by atoms with Gasteiger partial charge in [-0.05, 0) is 18.6 Å². The van der Waals surface area contributed by atoms with E-state index in [-0.39, 0.29) is 16.7 Å². The Morgan fingerprint density at radius 2 is 2.24 bits per heavy atom. The van der Waals surface area contributed by atoms with Crippen LogP contribution in [0.15, 0.2) is 34.9 Å². The van der Waals surface area contributed by atoms with E-state index in [4.69, 9.17) is 11.6 Å². The lowest BCUT2D eigenvalue weighted by Gasteiger charge is -2.06. The van der Waals surface area contributed by atoms with Gasteiger partial charge in [-0.25, -0.2) is 18.1 Å². The molecular weight excluding hydrogens is 332 g/mol. The summed E-state index contributed by atoms with van der Waals surface area (Å²) in [6.45, 7) is 2.01. The monoisotopic (exact) mass is 342 g/mol. The van der Waals surface area contributed by atoms with Gasteiger partial charge in [0.15, 0.2) is 15.1 Å². The molecular formula is C12H11ClN4O2S2. The molecule has 21 heavy (non-hydrogen) atoms. The van der Waals surface area contributed by atoms with E-state index in [1.165, 1.54) is 15.7 Å². The summed E-state index contributed by atoms with van der Waals surface area (Å²) in [7, 11) is -3.76. The highest BCUT2D eigenvalue weighted by atomic mass is 35.5. The zero-order valence-electron chi connectivity index (χ0n) is 10.9. The fourth-order valence-corrected chi connectivity index (χ4v) is 4.29. The highest BCUT2D eigenvalue weighted by Gasteiger charge is 2.24. The van der Waals surface area contributed by atoms with Gasteiger partial charge in [-0.1, -0.05) is 17.7 Å². The number of imidazole rings is 1. The van der Waals surface area contributed by atoms with Crippen LogP contribution >= 0.6 is 22.9 Å². The van der Waals surface area contributed by atoms with Crippen molar-refractivity contribution in [2.75, 3.05) is 0 Å². The van der Waals surface area contributed by atoms with Crippen LogP contribution in [0.1, 0.15) is 11.3 Å². The van der Waals surface area contributed by atoms with Gasteiger partial charge in [0, 0.05) is 30.0 Å². The van der Waals surface area contributed by atoms with Crippen molar-refractivity contribution in [2.24, 2.45) is 0 Å². The lowest BCUT2D eigenvalue weighted by Crippen LogP contribution is -2.24. The first-order chi connectivity index (χ1) is 9.97. The summed E-state index contributed by atoms with van der Waals surface area (Å²) in [5.74, 6) is 0. The molecule has 1 N–H and O–H groups in total. The Morgan fingerprint density at radius 3 is 2.95 bits per heavy atom. The number of aromatic nitrogens is 3. The largest absolute Gasteiger partial charge is 0.279 e. The van der Waals surface area contributed by atoms with E-state index >= 15 is 0 Å². The molecule has 0 radical (unpaired) electrons. The zero-order chi connectivity index (χ0) is 15.0. The molecule has 3 rings (SSSR count). The van der Waals surface area contributed by atoms with Crippen LogP contribution in [0.3, 0.4) is 0 Å². The van der Waals surface area contributed by atoms with Crippen molar-refractivity contribution in [3.05, 3.63) is 46.3 Å². The molecule has 0 aromatic carbocycles. The molecule has 3 heterocycles. The third-order valence-corrected chi connectivity index (χ3v) is 5.43. The number of rotatable bonds is 4. The average molecular weight is 343 g/mol. The number of hydrogen-bond acceptors (Lipinski definition) is 5. The third-order valence-electron chi connectivity index (χ3n) is 2.87. The second-order valence-corrected chi connectivity index (χ2v) is 7.31. The van der Waals surface area contributed by atoms with E-state index in [0.717, 1.165) is 11.3 Å². The lowest BCUT2D eigenvalue weighted by atomic mass is 10.2. The molecule has 0 aliphatic carbocycles. The Kier molecular flexibility index (Phi) is 3.70. The van der Waals surface area contributed by atoms with E-state index in [2.05, 4.69) is 14.7 Å². The molecule has 110 valence electrons. The highest BCUT2D eigenvalue weighted by Crippen LogP contribution is 2.25. The van der Waals surface area contributed by atoms with Gasteiger partial charge in [0.05, 0.1) is 0 Å². The molecule has 0 fully saturated rings. The number of pyridine rings is 1. The number of sulfonamides is 1. The van der Waals surface area contributed by atoms with Gasteiger partial charge >= 0.3 is 0 Å². The number of thiazole rings is 1. The van der Waals surface area contributed by atoms with E-state index in [0.29, 0.717) is 4.96 Å². The fourth-order valence-electron chi connectivity index (χ4n) is 1.83. The second kappa shape index (κ2) is 5.38. The van der Waals surface area contributed by atoms with Crippen LogP contribution in [0.2, 0.25) is 5.15 Å². The van der Waals surface area contributed by atoms with Gasteiger partial charge in [0.2, 0.25) is 0 Å². The van der Waals surface area contributed by atoms with Crippen molar-refractivity contribution in [1.82, 2.24) is 19.1 Å². The molecule has 0 saturated carbocycles. The normalized spacial score (nSPS) is 12.1. The minimum Gasteiger partial charge on any atom is -0.279 e. The molecule has 0 spiro atoms. The maximum absolute atomic E-state index is 12.4. The number of nitrogens with zero attached hydrogens (tertiary/aromatic N) is 3. The molecule has 9 heteroatoms. The first-order valence-electron chi connectivity index (χ1n) is 5.99. The fraction of sp³-hybridized carbons (Fsp3) is 0.167. The Balaban J connectivity index is 1.88. The van der Waals surface area contributed by atoms with E-state index < -0.39 is 10.0 Å². The van der Waals surface area contributed by atoms with E-state index in [1.807, 2.05) is 19.1 Å². The predicted molar refractivity (Wildman–Crippen MR) is 81.1 cm³/mol. The molecule has 0 amide bonds. The smallest absolute Gasteiger partial charge is 0.260 e. The van der Waals surface area contributed by atoms with Gasteiger partial charge < -0.3 is 0 Å². The minimum atomic E-state index is -3.76. The molecule has 0 aliphatic rings. The summed E-state index contributed by atoms with van der Waals surface area (Å²) in [5.41, 5.74) is 1.65. The van der Waals surface area contributed by atoms with Gasteiger partial charge in [0.1, 0.15) is 0 Å². The number of aryl methyl sites for hydroxylation is 1. The maximum Gasteiger partial charge on any atom is 0.260 e. The minimum absolute atomic E-state index is 0.0311. The zero-order valence-corrected chi connectivity index (χ0v) is 13.3. The summed E-state index contributed by atoms with van der Waals surface area (Å²) in [6.07, 6.45) is 3.26. The SMILES string of the molecule is Cc1ccc(CNS(=O)(=O)c2c(Cl)nc3sccn23)cn1. The Hall–Kier alpha value is -1.48. The molecule has 0 aliphatic heterocycles. The first-order valence-corrected chi connectivity index (χ1v) is 8.74. The third kappa shape index (κ3) is 2.80. The van der Waals surface area contributed by atoms with Gasteiger partial charge in [0.25, 0.3) is 10.0 Å². The van der Waals surface area contributed by atoms with Crippen LogP contribution in [-0.4, -0.2) is 22.8 Å². The van der Waals surface area contributed by atoms with Crippen molar-refractivity contribution < 1.29 is 8.42 Å². The predicted octanol–water partition coefficient (Wildman–Crippen LogP) is 2.23. The van der Waals surface area contributed by atoms with Gasteiger partial charge in [-0.15, -0.1) is 11.3 Å². The van der Waals surface area contributed by atoms with Crippen LogP contribution in [-0.2, 0) is 16.6 Å². The number of fused-ring (bicyclic) bond motifs is 1. The number of hydrogen-bond donors (Lipinski definition) is 1. The molecule has 3 aromatic heterocycles. The molecule has 6 nitrogen and oxygen atoms in total. The summed E-state index contributed by atoms with van der Waals surface area (Å²) < 4.78 is 28.8. The molecule has 0 saturated heterocycles. The van der Waals surface area contributed by atoms with Crippen LogP contribution in [0.25, 0.3) is 4.96 Å².